The first-order chi connectivity index (χ1) is 6.11. The molecule has 1 aliphatic rings. The van der Waals surface area contributed by atoms with Crippen LogP contribution in [0.1, 0.15) is 33.6 Å². The lowest BCUT2D eigenvalue weighted by molar-refractivity contribution is -0.130. The summed E-state index contributed by atoms with van der Waals surface area (Å²) in [6.07, 6.45) is 1.50. The number of nitrogens with zero attached hydrogens (tertiary/aromatic N) is 1. The van der Waals surface area contributed by atoms with Crippen LogP contribution in [0.2, 0.25) is 0 Å². The number of aliphatic hydroxyl groups is 1. The van der Waals surface area contributed by atoms with E-state index in [1.807, 2.05) is 11.8 Å². The molecule has 1 fully saturated rings. The molecule has 3 unspecified atom stereocenters. The molecule has 3 nitrogen and oxygen atoms in total. The van der Waals surface area contributed by atoms with Gasteiger partial charge in [0.05, 0.1) is 0 Å². The Bertz CT molecular complexity index is 193. The van der Waals surface area contributed by atoms with E-state index in [0.29, 0.717) is 12.5 Å². The molecule has 76 valence electrons. The lowest BCUT2D eigenvalue weighted by Crippen LogP contribution is -2.40. The van der Waals surface area contributed by atoms with Crippen molar-refractivity contribution in [3.05, 3.63) is 0 Å². The Morgan fingerprint density at radius 3 is 2.69 bits per heavy atom. The van der Waals surface area contributed by atoms with Crippen molar-refractivity contribution in [3.8, 4) is 0 Å². The van der Waals surface area contributed by atoms with Gasteiger partial charge in [0.15, 0.2) is 0 Å². The average molecular weight is 185 g/mol. The van der Waals surface area contributed by atoms with Gasteiger partial charge in [0, 0.05) is 31.0 Å². The zero-order chi connectivity index (χ0) is 10.0. The number of carbonyl (C=O) groups is 1. The van der Waals surface area contributed by atoms with Crippen LogP contribution in [0.15, 0.2) is 0 Å². The zero-order valence-electron chi connectivity index (χ0n) is 8.66. The molecule has 0 spiro atoms. The molecule has 0 bridgehead atoms. The van der Waals surface area contributed by atoms with E-state index in [1.165, 1.54) is 0 Å². The van der Waals surface area contributed by atoms with Crippen molar-refractivity contribution in [3.63, 3.8) is 0 Å². The number of carbonyl (C=O) groups excluding carboxylic acids is 1. The predicted molar refractivity (Wildman–Crippen MR) is 51.3 cm³/mol. The Balaban J connectivity index is 2.69. The molecule has 0 aliphatic carbocycles. The lowest BCUT2D eigenvalue weighted by atomic mass is 10.0. The van der Waals surface area contributed by atoms with Crippen LogP contribution in [0.25, 0.3) is 0 Å². The molecule has 1 saturated heterocycles. The van der Waals surface area contributed by atoms with Gasteiger partial charge in [-0.05, 0) is 20.3 Å². The first-order valence-electron chi connectivity index (χ1n) is 5.03. The fourth-order valence-corrected chi connectivity index (χ4v) is 2.02. The number of hydrogen-bond donors (Lipinski definition) is 1. The summed E-state index contributed by atoms with van der Waals surface area (Å²) in [7, 11) is 0. The van der Waals surface area contributed by atoms with Crippen LogP contribution in [-0.2, 0) is 4.79 Å². The lowest BCUT2D eigenvalue weighted by Gasteiger charge is -2.29. The third kappa shape index (κ3) is 1.85. The minimum absolute atomic E-state index is 0.125. The van der Waals surface area contributed by atoms with Crippen molar-refractivity contribution in [2.75, 3.05) is 6.61 Å². The smallest absolute Gasteiger partial charge is 0.223 e. The van der Waals surface area contributed by atoms with Gasteiger partial charge in [-0.2, -0.15) is 0 Å². The molecule has 0 aromatic heterocycles. The molecule has 3 heteroatoms. The van der Waals surface area contributed by atoms with Crippen LogP contribution in [0.3, 0.4) is 0 Å². The fourth-order valence-electron chi connectivity index (χ4n) is 2.02. The Hall–Kier alpha value is -0.570. The second-order valence-electron chi connectivity index (χ2n) is 3.95. The Labute approximate surface area is 79.7 Å². The summed E-state index contributed by atoms with van der Waals surface area (Å²) in [5.74, 6) is 0.336. The van der Waals surface area contributed by atoms with Crippen LogP contribution >= 0.6 is 0 Å². The standard InChI is InChI=1S/C10H19NO2/c1-4-7(2)11-8(3)9(6-12)5-10(11)13/h7-9,12H,4-6H2,1-3H3. The van der Waals surface area contributed by atoms with Gasteiger partial charge in [0.2, 0.25) is 5.91 Å². The average Bonchev–Trinajstić information content (AvgIpc) is 2.40. The number of amides is 1. The number of aliphatic hydroxyl groups excluding tert-OH is 1. The summed E-state index contributed by atoms with van der Waals surface area (Å²) >= 11 is 0. The van der Waals surface area contributed by atoms with E-state index < -0.39 is 0 Å². The van der Waals surface area contributed by atoms with Gasteiger partial charge in [-0.15, -0.1) is 0 Å². The highest BCUT2D eigenvalue weighted by Gasteiger charge is 2.37. The van der Waals surface area contributed by atoms with Crippen molar-refractivity contribution in [1.29, 1.82) is 0 Å². The third-order valence-electron chi connectivity index (χ3n) is 3.15. The van der Waals surface area contributed by atoms with Crippen LogP contribution in [-0.4, -0.2) is 34.6 Å². The minimum atomic E-state index is 0.125. The molecule has 1 heterocycles. The van der Waals surface area contributed by atoms with Gasteiger partial charge in [0.25, 0.3) is 0 Å². The third-order valence-corrected chi connectivity index (χ3v) is 3.15. The Morgan fingerprint density at radius 2 is 2.31 bits per heavy atom. The van der Waals surface area contributed by atoms with Gasteiger partial charge in [0.1, 0.15) is 0 Å². The quantitative estimate of drug-likeness (QED) is 0.713. The highest BCUT2D eigenvalue weighted by Crippen LogP contribution is 2.27. The largest absolute Gasteiger partial charge is 0.396 e. The van der Waals surface area contributed by atoms with Gasteiger partial charge in [-0.1, -0.05) is 6.92 Å². The second-order valence-corrected chi connectivity index (χ2v) is 3.95. The topological polar surface area (TPSA) is 40.5 Å². The van der Waals surface area contributed by atoms with E-state index in [1.54, 1.807) is 0 Å². The summed E-state index contributed by atoms with van der Waals surface area (Å²) in [5, 5.41) is 9.05. The molecule has 1 rings (SSSR count). The predicted octanol–water partition coefficient (Wildman–Crippen LogP) is 1.01. The maximum Gasteiger partial charge on any atom is 0.223 e. The van der Waals surface area contributed by atoms with E-state index in [0.717, 1.165) is 6.42 Å². The monoisotopic (exact) mass is 185 g/mol. The van der Waals surface area contributed by atoms with Crippen LogP contribution in [0.5, 0.6) is 0 Å². The summed E-state index contributed by atoms with van der Waals surface area (Å²) < 4.78 is 0. The zero-order valence-corrected chi connectivity index (χ0v) is 8.66. The van der Waals surface area contributed by atoms with E-state index in [2.05, 4.69) is 13.8 Å². The van der Waals surface area contributed by atoms with Gasteiger partial charge < -0.3 is 10.0 Å². The van der Waals surface area contributed by atoms with Crippen molar-refractivity contribution in [1.82, 2.24) is 4.90 Å². The molecule has 3 atom stereocenters. The van der Waals surface area contributed by atoms with Crippen molar-refractivity contribution < 1.29 is 9.90 Å². The first-order valence-corrected chi connectivity index (χ1v) is 5.03. The van der Waals surface area contributed by atoms with Crippen LogP contribution in [0, 0.1) is 5.92 Å². The molecule has 0 aromatic rings. The SMILES string of the molecule is CCC(C)N1C(=O)CC(CO)C1C. The van der Waals surface area contributed by atoms with Crippen molar-refractivity contribution in [2.24, 2.45) is 5.92 Å². The van der Waals surface area contributed by atoms with Crippen molar-refractivity contribution >= 4 is 5.91 Å². The van der Waals surface area contributed by atoms with Gasteiger partial charge in [-0.3, -0.25) is 4.79 Å². The minimum Gasteiger partial charge on any atom is -0.396 e. The second kappa shape index (κ2) is 4.09. The number of rotatable bonds is 3. The summed E-state index contributed by atoms with van der Waals surface area (Å²) in [6, 6.07) is 0.506. The van der Waals surface area contributed by atoms with E-state index >= 15 is 0 Å². The molecular formula is C10H19NO2. The summed E-state index contributed by atoms with van der Waals surface area (Å²) in [4.78, 5) is 13.5. The van der Waals surface area contributed by atoms with Crippen LogP contribution < -0.4 is 0 Å². The van der Waals surface area contributed by atoms with E-state index in [4.69, 9.17) is 5.11 Å². The fraction of sp³-hybridized carbons (Fsp3) is 0.900. The van der Waals surface area contributed by atoms with Crippen molar-refractivity contribution in [2.45, 2.75) is 45.7 Å². The van der Waals surface area contributed by atoms with E-state index in [-0.39, 0.29) is 24.5 Å². The molecule has 1 aliphatic heterocycles. The molecular weight excluding hydrogens is 166 g/mol. The number of likely N-dealkylation sites (tertiary alicyclic amines) is 1. The molecule has 1 N–H and O–H groups in total. The van der Waals surface area contributed by atoms with Gasteiger partial charge >= 0.3 is 0 Å². The molecule has 0 radical (unpaired) electrons. The summed E-state index contributed by atoms with van der Waals surface area (Å²) in [6.45, 7) is 6.29. The molecule has 1 amide bonds. The highest BCUT2D eigenvalue weighted by molar-refractivity contribution is 5.79. The highest BCUT2D eigenvalue weighted by atomic mass is 16.3. The first kappa shape index (κ1) is 10.5. The molecule has 0 saturated carbocycles. The normalized spacial score (nSPS) is 31.1. The molecule has 13 heavy (non-hydrogen) atoms. The number of hydrogen-bond acceptors (Lipinski definition) is 2. The van der Waals surface area contributed by atoms with Crippen LogP contribution in [0.4, 0.5) is 0 Å². The Kier molecular flexibility index (Phi) is 3.31. The maximum atomic E-state index is 11.6. The maximum absolute atomic E-state index is 11.6. The Morgan fingerprint density at radius 1 is 1.69 bits per heavy atom. The van der Waals surface area contributed by atoms with E-state index in [9.17, 15) is 4.79 Å². The molecule has 0 aromatic carbocycles. The van der Waals surface area contributed by atoms with Gasteiger partial charge in [-0.25, -0.2) is 0 Å². The summed E-state index contributed by atoms with van der Waals surface area (Å²) in [5.41, 5.74) is 0.